The number of carbonyl (C=O) groups excluding carboxylic acids is 1. The maximum absolute atomic E-state index is 10.6. The van der Waals surface area contributed by atoms with E-state index in [1.54, 1.807) is 0 Å². The number of carbonyl (C=O) groups is 1. The maximum Gasteiger partial charge on any atom is 0.218 e. The second-order valence-corrected chi connectivity index (χ2v) is 3.76. The number of hydrogen-bond acceptors (Lipinski definition) is 4. The van der Waals surface area contributed by atoms with Crippen molar-refractivity contribution in [3.8, 4) is 0 Å². The monoisotopic (exact) mass is 199 g/mol. The summed E-state index contributed by atoms with van der Waals surface area (Å²) in [6.45, 7) is 4.41. The smallest absolute Gasteiger partial charge is 0.218 e. The lowest BCUT2D eigenvalue weighted by Gasteiger charge is -2.30. The average molecular weight is 199 g/mol. The van der Waals surface area contributed by atoms with Crippen molar-refractivity contribution in [1.29, 1.82) is 0 Å². The summed E-state index contributed by atoms with van der Waals surface area (Å²) in [5, 5.41) is 11.9. The molecule has 3 N–H and O–H groups in total. The molecule has 1 rings (SSSR count). The Hall–Kier alpha value is -1.10. The minimum absolute atomic E-state index is 0.265. The quantitative estimate of drug-likeness (QED) is 0.497. The van der Waals surface area contributed by atoms with Gasteiger partial charge in [0, 0.05) is 38.4 Å². The molecule has 0 saturated carbocycles. The Morgan fingerprint density at radius 3 is 3.00 bits per heavy atom. The topological polar surface area (TPSA) is 78.9 Å². The van der Waals surface area contributed by atoms with Gasteiger partial charge < -0.3 is 15.8 Å². The molecule has 5 nitrogen and oxygen atoms in total. The van der Waals surface area contributed by atoms with E-state index in [-0.39, 0.29) is 11.8 Å². The van der Waals surface area contributed by atoms with Crippen molar-refractivity contribution in [1.82, 2.24) is 4.90 Å². The second kappa shape index (κ2) is 4.95. The van der Waals surface area contributed by atoms with Crippen LogP contribution in [-0.4, -0.2) is 41.4 Å². The van der Waals surface area contributed by atoms with Crippen LogP contribution in [0.25, 0.3) is 0 Å². The summed E-state index contributed by atoms with van der Waals surface area (Å²) in [4.78, 5) is 12.7. The third-order valence-electron chi connectivity index (χ3n) is 2.59. The highest BCUT2D eigenvalue weighted by Gasteiger charge is 2.22. The first-order valence-corrected chi connectivity index (χ1v) is 4.85. The highest BCUT2D eigenvalue weighted by Crippen LogP contribution is 2.13. The van der Waals surface area contributed by atoms with Gasteiger partial charge >= 0.3 is 0 Å². The Morgan fingerprint density at radius 2 is 2.50 bits per heavy atom. The van der Waals surface area contributed by atoms with E-state index in [0.717, 1.165) is 25.2 Å². The first kappa shape index (κ1) is 11.0. The largest absolute Gasteiger partial charge is 0.411 e. The number of oxime groups is 1. The number of primary amides is 1. The first-order valence-electron chi connectivity index (χ1n) is 4.85. The molecule has 1 saturated heterocycles. The molecule has 0 aromatic heterocycles. The number of piperidine rings is 1. The summed E-state index contributed by atoms with van der Waals surface area (Å²) in [5.41, 5.74) is 5.92. The van der Waals surface area contributed by atoms with Crippen molar-refractivity contribution in [3.63, 3.8) is 0 Å². The Balaban J connectivity index is 2.35. The van der Waals surface area contributed by atoms with Crippen LogP contribution >= 0.6 is 0 Å². The number of likely N-dealkylation sites (tertiary alicyclic amines) is 1. The van der Waals surface area contributed by atoms with Crippen LogP contribution in [0.3, 0.4) is 0 Å². The van der Waals surface area contributed by atoms with E-state index in [2.05, 4.69) is 10.1 Å². The lowest BCUT2D eigenvalue weighted by atomic mass is 9.97. The highest BCUT2D eigenvalue weighted by atomic mass is 16.4. The minimum atomic E-state index is -0.265. The zero-order valence-electron chi connectivity index (χ0n) is 8.44. The number of amides is 1. The fourth-order valence-electron chi connectivity index (χ4n) is 1.72. The molecule has 0 aromatic carbocycles. The van der Waals surface area contributed by atoms with Crippen molar-refractivity contribution in [2.45, 2.75) is 19.8 Å². The molecule has 1 amide bonds. The fourth-order valence-corrected chi connectivity index (χ4v) is 1.72. The van der Waals surface area contributed by atoms with E-state index >= 15 is 0 Å². The summed E-state index contributed by atoms with van der Waals surface area (Å²) in [7, 11) is 0. The molecule has 0 radical (unpaired) electrons. The van der Waals surface area contributed by atoms with Gasteiger partial charge in [0.15, 0.2) is 0 Å². The van der Waals surface area contributed by atoms with Gasteiger partial charge in [-0.05, 0) is 0 Å². The molecule has 0 aromatic rings. The zero-order chi connectivity index (χ0) is 10.6. The minimum Gasteiger partial charge on any atom is -0.411 e. The molecular formula is C9H17N3O2. The zero-order valence-corrected chi connectivity index (χ0v) is 8.44. The molecule has 1 aliphatic rings. The third-order valence-corrected chi connectivity index (χ3v) is 2.59. The van der Waals surface area contributed by atoms with Crippen molar-refractivity contribution in [2.24, 2.45) is 16.8 Å². The molecule has 0 bridgehead atoms. The van der Waals surface area contributed by atoms with Gasteiger partial charge in [0.2, 0.25) is 5.91 Å². The van der Waals surface area contributed by atoms with Gasteiger partial charge in [-0.15, -0.1) is 0 Å². The Kier molecular flexibility index (Phi) is 3.88. The Labute approximate surface area is 83.6 Å². The predicted octanol–water partition coefficient (Wildman–Crippen LogP) is 0.0338. The molecule has 1 fully saturated rings. The van der Waals surface area contributed by atoms with Gasteiger partial charge in [0.25, 0.3) is 0 Å². The van der Waals surface area contributed by atoms with Crippen molar-refractivity contribution < 1.29 is 10.0 Å². The number of nitrogens with zero attached hydrogens (tertiary/aromatic N) is 2. The van der Waals surface area contributed by atoms with Crippen molar-refractivity contribution >= 4 is 11.6 Å². The summed E-state index contributed by atoms with van der Waals surface area (Å²) in [6.07, 6.45) is 1.18. The lowest BCUT2D eigenvalue weighted by Crippen LogP contribution is -2.41. The highest BCUT2D eigenvalue weighted by molar-refractivity contribution is 5.87. The van der Waals surface area contributed by atoms with Gasteiger partial charge in [0.1, 0.15) is 0 Å². The standard InChI is InChI=1S/C9H17N3O2/c1-7-6-12(5-3-9(10)13)4-2-8(7)11-14/h7,14H,2-6H2,1H3,(H2,10,13). The SMILES string of the molecule is CC1CN(CCC(N)=O)CCC1=NO. The van der Waals surface area contributed by atoms with Gasteiger partial charge in [-0.25, -0.2) is 0 Å². The van der Waals surface area contributed by atoms with E-state index in [4.69, 9.17) is 10.9 Å². The summed E-state index contributed by atoms with van der Waals surface area (Å²) < 4.78 is 0. The molecule has 1 atom stereocenters. The van der Waals surface area contributed by atoms with Crippen LogP contribution < -0.4 is 5.73 Å². The lowest BCUT2D eigenvalue weighted by molar-refractivity contribution is -0.118. The van der Waals surface area contributed by atoms with Crippen LogP contribution in [0.4, 0.5) is 0 Å². The second-order valence-electron chi connectivity index (χ2n) is 3.76. The number of nitrogens with two attached hydrogens (primary N) is 1. The van der Waals surface area contributed by atoms with Gasteiger partial charge in [-0.1, -0.05) is 12.1 Å². The number of hydrogen-bond donors (Lipinski definition) is 2. The van der Waals surface area contributed by atoms with Gasteiger partial charge in [0.05, 0.1) is 5.71 Å². The van der Waals surface area contributed by atoms with Crippen LogP contribution in [0.15, 0.2) is 5.16 Å². The molecule has 0 aliphatic carbocycles. The first-order chi connectivity index (χ1) is 6.63. The van der Waals surface area contributed by atoms with E-state index in [1.165, 1.54) is 0 Å². The summed E-state index contributed by atoms with van der Waals surface area (Å²) in [5.74, 6) is 0.000835. The van der Waals surface area contributed by atoms with Crippen LogP contribution in [-0.2, 0) is 4.79 Å². The van der Waals surface area contributed by atoms with Crippen LogP contribution in [0.2, 0.25) is 0 Å². The van der Waals surface area contributed by atoms with E-state index in [1.807, 2.05) is 6.92 Å². The summed E-state index contributed by atoms with van der Waals surface area (Å²) >= 11 is 0. The van der Waals surface area contributed by atoms with E-state index in [9.17, 15) is 4.79 Å². The molecule has 1 aliphatic heterocycles. The molecule has 14 heavy (non-hydrogen) atoms. The summed E-state index contributed by atoms with van der Waals surface area (Å²) in [6, 6.07) is 0. The molecule has 0 spiro atoms. The Bertz CT molecular complexity index is 240. The van der Waals surface area contributed by atoms with Gasteiger partial charge in [-0.2, -0.15) is 0 Å². The van der Waals surface area contributed by atoms with Crippen molar-refractivity contribution in [2.75, 3.05) is 19.6 Å². The van der Waals surface area contributed by atoms with Crippen LogP contribution in [0.1, 0.15) is 19.8 Å². The third kappa shape index (κ3) is 2.99. The van der Waals surface area contributed by atoms with E-state index < -0.39 is 0 Å². The average Bonchev–Trinajstić information content (AvgIpc) is 2.15. The normalized spacial score (nSPS) is 26.6. The number of rotatable bonds is 3. The van der Waals surface area contributed by atoms with Crippen LogP contribution in [0.5, 0.6) is 0 Å². The van der Waals surface area contributed by atoms with Gasteiger partial charge in [-0.3, -0.25) is 4.79 Å². The molecule has 1 unspecified atom stereocenters. The fraction of sp³-hybridized carbons (Fsp3) is 0.778. The van der Waals surface area contributed by atoms with Crippen molar-refractivity contribution in [3.05, 3.63) is 0 Å². The maximum atomic E-state index is 10.6. The molecule has 5 heteroatoms. The van der Waals surface area contributed by atoms with E-state index in [0.29, 0.717) is 13.0 Å². The molecule has 1 heterocycles. The van der Waals surface area contributed by atoms with Crippen LogP contribution in [0, 0.1) is 5.92 Å². The predicted molar refractivity (Wildman–Crippen MR) is 53.3 cm³/mol. The molecular weight excluding hydrogens is 182 g/mol. The molecule has 80 valence electrons. The Morgan fingerprint density at radius 1 is 1.79 bits per heavy atom.